The van der Waals surface area contributed by atoms with Crippen molar-refractivity contribution in [1.82, 2.24) is 14.8 Å². The molecule has 1 atom stereocenters. The Morgan fingerprint density at radius 3 is 2.56 bits per heavy atom. The SMILES string of the molecule is Clc1ccc(C(Cn2cncn2)C2(Cl)CC2)cc1. The summed E-state index contributed by atoms with van der Waals surface area (Å²) < 4.78 is 1.84. The van der Waals surface area contributed by atoms with E-state index < -0.39 is 0 Å². The topological polar surface area (TPSA) is 30.7 Å². The molecule has 1 aromatic carbocycles. The molecule has 0 amide bonds. The van der Waals surface area contributed by atoms with Gasteiger partial charge in [-0.05, 0) is 30.5 Å². The van der Waals surface area contributed by atoms with Crippen molar-refractivity contribution < 1.29 is 0 Å². The standard InChI is InChI=1S/C13H13Cl2N3/c14-11-3-1-10(2-4-11)12(13(15)5-6-13)7-18-9-16-8-17-18/h1-4,8-9,12H,5-7H2. The van der Waals surface area contributed by atoms with E-state index in [-0.39, 0.29) is 10.8 Å². The summed E-state index contributed by atoms with van der Waals surface area (Å²) in [4.78, 5) is 3.85. The molecule has 0 aliphatic heterocycles. The van der Waals surface area contributed by atoms with Gasteiger partial charge in [0, 0.05) is 10.9 Å². The second kappa shape index (κ2) is 4.56. The highest BCUT2D eigenvalue weighted by atomic mass is 35.5. The van der Waals surface area contributed by atoms with Gasteiger partial charge in [0.05, 0.1) is 11.4 Å². The van der Waals surface area contributed by atoms with Crippen LogP contribution in [-0.2, 0) is 6.54 Å². The lowest BCUT2D eigenvalue weighted by Crippen LogP contribution is -2.20. The van der Waals surface area contributed by atoms with Crippen LogP contribution >= 0.6 is 23.2 Å². The van der Waals surface area contributed by atoms with Crippen molar-refractivity contribution in [2.24, 2.45) is 0 Å². The van der Waals surface area contributed by atoms with E-state index in [1.54, 1.807) is 12.7 Å². The van der Waals surface area contributed by atoms with Gasteiger partial charge in [-0.1, -0.05) is 23.7 Å². The van der Waals surface area contributed by atoms with Crippen LogP contribution in [0.15, 0.2) is 36.9 Å². The molecule has 1 heterocycles. The zero-order chi connectivity index (χ0) is 12.6. The predicted octanol–water partition coefficient (Wildman–Crippen LogP) is 3.49. The van der Waals surface area contributed by atoms with E-state index in [4.69, 9.17) is 23.2 Å². The number of rotatable bonds is 4. The summed E-state index contributed by atoms with van der Waals surface area (Å²) in [5, 5.41) is 4.91. The normalized spacial score (nSPS) is 18.6. The largest absolute Gasteiger partial charge is 0.252 e. The lowest BCUT2D eigenvalue weighted by molar-refractivity contribution is 0.489. The first kappa shape index (κ1) is 12.0. The molecule has 5 heteroatoms. The van der Waals surface area contributed by atoms with Crippen LogP contribution in [0.4, 0.5) is 0 Å². The summed E-state index contributed by atoms with van der Waals surface area (Å²) >= 11 is 12.5. The minimum absolute atomic E-state index is 0.125. The van der Waals surface area contributed by atoms with Crippen molar-refractivity contribution in [2.75, 3.05) is 0 Å². The molecular formula is C13H13Cl2N3. The smallest absolute Gasteiger partial charge is 0.137 e. The summed E-state index contributed by atoms with van der Waals surface area (Å²) in [7, 11) is 0. The molecule has 18 heavy (non-hydrogen) atoms. The van der Waals surface area contributed by atoms with E-state index in [1.165, 1.54) is 5.56 Å². The van der Waals surface area contributed by atoms with Crippen molar-refractivity contribution >= 4 is 23.2 Å². The molecule has 3 nitrogen and oxygen atoms in total. The minimum atomic E-state index is -0.125. The molecule has 0 saturated heterocycles. The fourth-order valence-electron chi connectivity index (χ4n) is 2.24. The Kier molecular flexibility index (Phi) is 3.04. The fourth-order valence-corrected chi connectivity index (χ4v) is 2.66. The Labute approximate surface area is 116 Å². The lowest BCUT2D eigenvalue weighted by atomic mass is 9.93. The molecule has 1 unspecified atom stereocenters. The maximum Gasteiger partial charge on any atom is 0.137 e. The average molecular weight is 282 g/mol. The number of nitrogens with zero attached hydrogens (tertiary/aromatic N) is 3. The Morgan fingerprint density at radius 2 is 2.00 bits per heavy atom. The summed E-state index contributed by atoms with van der Waals surface area (Å²) in [6.07, 6.45) is 5.38. The Hall–Kier alpha value is -1.06. The van der Waals surface area contributed by atoms with E-state index in [0.717, 1.165) is 24.4 Å². The van der Waals surface area contributed by atoms with Gasteiger partial charge >= 0.3 is 0 Å². The van der Waals surface area contributed by atoms with E-state index in [2.05, 4.69) is 10.1 Å². The molecule has 1 saturated carbocycles. The summed E-state index contributed by atoms with van der Waals surface area (Å²) in [6.45, 7) is 0.755. The molecule has 94 valence electrons. The van der Waals surface area contributed by atoms with Crippen LogP contribution < -0.4 is 0 Å². The quantitative estimate of drug-likeness (QED) is 0.804. The van der Waals surface area contributed by atoms with Crippen molar-refractivity contribution in [3.63, 3.8) is 0 Å². The van der Waals surface area contributed by atoms with Crippen LogP contribution in [0.25, 0.3) is 0 Å². The molecule has 1 aliphatic rings. The summed E-state index contributed by atoms with van der Waals surface area (Å²) in [5.74, 6) is 0.248. The fraction of sp³-hybridized carbons (Fsp3) is 0.385. The van der Waals surface area contributed by atoms with E-state index in [0.29, 0.717) is 0 Å². The third-order valence-corrected chi connectivity index (χ3v) is 4.35. The van der Waals surface area contributed by atoms with Gasteiger partial charge in [-0.15, -0.1) is 11.6 Å². The molecular weight excluding hydrogens is 269 g/mol. The van der Waals surface area contributed by atoms with Crippen molar-refractivity contribution in [3.8, 4) is 0 Å². The Morgan fingerprint density at radius 1 is 1.28 bits per heavy atom. The second-order valence-corrected chi connectivity index (χ2v) is 5.95. The molecule has 3 rings (SSSR count). The van der Waals surface area contributed by atoms with Crippen molar-refractivity contribution in [1.29, 1.82) is 0 Å². The molecule has 1 aromatic heterocycles. The van der Waals surface area contributed by atoms with Crippen LogP contribution in [-0.4, -0.2) is 19.6 Å². The molecule has 1 fully saturated rings. The van der Waals surface area contributed by atoms with E-state index in [9.17, 15) is 0 Å². The second-order valence-electron chi connectivity index (χ2n) is 4.76. The summed E-state index contributed by atoms with van der Waals surface area (Å²) in [5.41, 5.74) is 1.21. The maximum atomic E-state index is 6.61. The highest BCUT2D eigenvalue weighted by Crippen LogP contribution is 2.53. The van der Waals surface area contributed by atoms with Crippen LogP contribution in [0.3, 0.4) is 0 Å². The molecule has 2 aromatic rings. The Balaban J connectivity index is 1.88. The van der Waals surface area contributed by atoms with Crippen LogP contribution in [0.2, 0.25) is 5.02 Å². The van der Waals surface area contributed by atoms with Crippen molar-refractivity contribution in [2.45, 2.75) is 30.2 Å². The number of halogens is 2. The first-order valence-corrected chi connectivity index (χ1v) is 6.70. The third kappa shape index (κ3) is 2.38. The first-order valence-electron chi connectivity index (χ1n) is 5.94. The first-order chi connectivity index (χ1) is 8.67. The van der Waals surface area contributed by atoms with Gasteiger partial charge in [0.2, 0.25) is 0 Å². The molecule has 0 bridgehead atoms. The van der Waals surface area contributed by atoms with Crippen LogP contribution in [0, 0.1) is 0 Å². The van der Waals surface area contributed by atoms with Gasteiger partial charge < -0.3 is 0 Å². The van der Waals surface area contributed by atoms with Gasteiger partial charge in [-0.3, -0.25) is 4.68 Å². The highest BCUT2D eigenvalue weighted by Gasteiger charge is 2.48. The minimum Gasteiger partial charge on any atom is -0.252 e. The zero-order valence-electron chi connectivity index (χ0n) is 9.76. The molecule has 0 N–H and O–H groups in total. The number of aromatic nitrogens is 3. The molecule has 0 spiro atoms. The number of alkyl halides is 1. The monoisotopic (exact) mass is 281 g/mol. The van der Waals surface area contributed by atoms with Gasteiger partial charge in [-0.2, -0.15) is 5.10 Å². The van der Waals surface area contributed by atoms with Crippen LogP contribution in [0.5, 0.6) is 0 Å². The van der Waals surface area contributed by atoms with E-state index in [1.807, 2.05) is 28.9 Å². The molecule has 1 aliphatic carbocycles. The van der Waals surface area contributed by atoms with Gasteiger partial charge in [0.25, 0.3) is 0 Å². The van der Waals surface area contributed by atoms with Gasteiger partial charge in [0.1, 0.15) is 12.7 Å². The molecule has 0 radical (unpaired) electrons. The van der Waals surface area contributed by atoms with E-state index >= 15 is 0 Å². The third-order valence-electron chi connectivity index (χ3n) is 3.46. The zero-order valence-corrected chi connectivity index (χ0v) is 11.3. The number of hydrogen-bond donors (Lipinski definition) is 0. The van der Waals surface area contributed by atoms with Crippen molar-refractivity contribution in [3.05, 3.63) is 47.5 Å². The van der Waals surface area contributed by atoms with Gasteiger partial charge in [0.15, 0.2) is 0 Å². The average Bonchev–Trinajstić information content (AvgIpc) is 2.92. The van der Waals surface area contributed by atoms with Crippen LogP contribution in [0.1, 0.15) is 24.3 Å². The Bertz CT molecular complexity index is 518. The number of benzene rings is 1. The van der Waals surface area contributed by atoms with Gasteiger partial charge in [-0.25, -0.2) is 4.98 Å². The predicted molar refractivity (Wildman–Crippen MR) is 72.0 cm³/mol. The number of hydrogen-bond acceptors (Lipinski definition) is 2. The summed E-state index contributed by atoms with van der Waals surface area (Å²) in [6, 6.07) is 7.92. The lowest BCUT2D eigenvalue weighted by Gasteiger charge is -2.22. The maximum absolute atomic E-state index is 6.61. The highest BCUT2D eigenvalue weighted by molar-refractivity contribution is 6.30.